The summed E-state index contributed by atoms with van der Waals surface area (Å²) in [6, 6.07) is 15.5. The molecule has 2 aromatic carbocycles. The quantitative estimate of drug-likeness (QED) is 0.696. The lowest BCUT2D eigenvalue weighted by Gasteiger charge is -2.22. The van der Waals surface area contributed by atoms with E-state index < -0.39 is 0 Å². The van der Waals surface area contributed by atoms with Crippen molar-refractivity contribution in [2.45, 2.75) is 36.5 Å². The highest BCUT2D eigenvalue weighted by molar-refractivity contribution is 8.00. The van der Waals surface area contributed by atoms with Crippen LogP contribution in [-0.4, -0.2) is 27.5 Å². The van der Waals surface area contributed by atoms with Gasteiger partial charge in [0, 0.05) is 28.5 Å². The minimum absolute atomic E-state index is 0.0849. The molecular weight excluding hydrogens is 358 g/mol. The van der Waals surface area contributed by atoms with E-state index in [4.69, 9.17) is 0 Å². The Labute approximate surface area is 162 Å². The van der Waals surface area contributed by atoms with Crippen LogP contribution in [0.1, 0.15) is 19.8 Å². The van der Waals surface area contributed by atoms with Crippen LogP contribution in [0.25, 0.3) is 10.9 Å². The molecule has 1 aliphatic rings. The lowest BCUT2D eigenvalue weighted by atomic mass is 10.2. The fourth-order valence-electron chi connectivity index (χ4n) is 3.42. The van der Waals surface area contributed by atoms with E-state index >= 15 is 0 Å². The third kappa shape index (κ3) is 3.62. The van der Waals surface area contributed by atoms with Crippen molar-refractivity contribution in [2.75, 3.05) is 11.4 Å². The highest BCUT2D eigenvalue weighted by atomic mass is 32.2. The zero-order valence-corrected chi connectivity index (χ0v) is 16.0. The fraction of sp³-hybridized carbons (Fsp3) is 0.286. The van der Waals surface area contributed by atoms with Gasteiger partial charge in [-0.15, -0.1) is 11.8 Å². The van der Waals surface area contributed by atoms with Gasteiger partial charge in [0.05, 0.1) is 23.9 Å². The molecule has 1 aromatic heterocycles. The van der Waals surface area contributed by atoms with Crippen LogP contribution < -0.4 is 10.3 Å². The lowest BCUT2D eigenvalue weighted by Crippen LogP contribution is -2.33. The number of hydrogen-bond donors (Lipinski definition) is 0. The third-order valence-corrected chi connectivity index (χ3v) is 6.08. The maximum Gasteiger partial charge on any atom is 0.228 e. The molecule has 6 heteroatoms. The molecule has 3 aromatic rings. The molecule has 0 aliphatic carbocycles. The van der Waals surface area contributed by atoms with Crippen molar-refractivity contribution in [3.8, 4) is 0 Å². The molecule has 1 aliphatic heterocycles. The molecule has 2 heterocycles. The van der Waals surface area contributed by atoms with Gasteiger partial charge in [0.2, 0.25) is 11.3 Å². The molecule has 4 rings (SSSR count). The number of thioether (sulfide) groups is 1. The molecule has 0 spiro atoms. The number of carbonyl (C=O) groups excluding carboxylic acids is 1. The molecule has 27 heavy (non-hydrogen) atoms. The van der Waals surface area contributed by atoms with Crippen molar-refractivity contribution in [3.05, 3.63) is 65.0 Å². The van der Waals surface area contributed by atoms with Crippen LogP contribution in [-0.2, 0) is 11.3 Å². The average Bonchev–Trinajstić information content (AvgIpc) is 2.86. The second-order valence-electron chi connectivity index (χ2n) is 6.73. The summed E-state index contributed by atoms with van der Waals surface area (Å²) in [6.07, 6.45) is 2.63. The molecule has 0 saturated heterocycles. The monoisotopic (exact) mass is 379 g/mol. The zero-order chi connectivity index (χ0) is 18.8. The van der Waals surface area contributed by atoms with E-state index in [1.807, 2.05) is 53.1 Å². The Hall–Kier alpha value is -2.60. The Morgan fingerprint density at radius 2 is 1.96 bits per heavy atom. The Morgan fingerprint density at radius 1 is 1.19 bits per heavy atom. The van der Waals surface area contributed by atoms with Crippen molar-refractivity contribution in [1.82, 2.24) is 9.78 Å². The second-order valence-corrected chi connectivity index (χ2v) is 8.21. The number of fused-ring (bicyclic) bond motifs is 2. The highest BCUT2D eigenvalue weighted by Gasteiger charge is 2.23. The van der Waals surface area contributed by atoms with Gasteiger partial charge in [0.1, 0.15) is 0 Å². The van der Waals surface area contributed by atoms with Gasteiger partial charge in [-0.05, 0) is 30.7 Å². The van der Waals surface area contributed by atoms with Crippen LogP contribution >= 0.6 is 11.8 Å². The summed E-state index contributed by atoms with van der Waals surface area (Å²) < 4.78 is 1.75. The van der Waals surface area contributed by atoms with Crippen LogP contribution in [0.3, 0.4) is 0 Å². The minimum Gasteiger partial charge on any atom is -0.311 e. The van der Waals surface area contributed by atoms with E-state index in [2.05, 4.69) is 18.1 Å². The van der Waals surface area contributed by atoms with Crippen LogP contribution in [0.2, 0.25) is 0 Å². The summed E-state index contributed by atoms with van der Waals surface area (Å²) in [5, 5.41) is 5.34. The Balaban J connectivity index is 1.57. The minimum atomic E-state index is -0.0966. The summed E-state index contributed by atoms with van der Waals surface area (Å²) in [6.45, 7) is 3.37. The molecule has 1 atom stereocenters. The maximum atomic E-state index is 13.0. The first-order valence-electron chi connectivity index (χ1n) is 9.14. The number of aryl methyl sites for hydroxylation is 1. The largest absolute Gasteiger partial charge is 0.311 e. The van der Waals surface area contributed by atoms with Gasteiger partial charge < -0.3 is 4.90 Å². The lowest BCUT2D eigenvalue weighted by molar-refractivity contribution is -0.118. The molecule has 0 radical (unpaired) electrons. The number of carbonyl (C=O) groups is 1. The number of aromatic nitrogens is 2. The molecule has 1 amide bonds. The standard InChI is InChI=1S/C21H21N3O2S/c1-15-10-12-23(18-8-4-5-9-20(18)27-15)21(26)11-13-24-17-7-3-2-6-16(17)19(25)14-22-24/h2-9,14-15H,10-13H2,1H3. The van der Waals surface area contributed by atoms with Gasteiger partial charge >= 0.3 is 0 Å². The van der Waals surface area contributed by atoms with Gasteiger partial charge in [0.25, 0.3) is 0 Å². The first kappa shape index (κ1) is 17.8. The van der Waals surface area contributed by atoms with Gasteiger partial charge in [-0.1, -0.05) is 31.2 Å². The zero-order valence-electron chi connectivity index (χ0n) is 15.2. The molecule has 0 fully saturated rings. The Morgan fingerprint density at radius 3 is 2.85 bits per heavy atom. The van der Waals surface area contributed by atoms with Crippen molar-refractivity contribution >= 4 is 34.3 Å². The number of amides is 1. The maximum absolute atomic E-state index is 13.0. The Bertz CT molecular complexity index is 1050. The van der Waals surface area contributed by atoms with Crippen LogP contribution in [0.15, 0.2) is 64.4 Å². The van der Waals surface area contributed by atoms with Gasteiger partial charge in [-0.25, -0.2) is 0 Å². The van der Waals surface area contributed by atoms with E-state index in [-0.39, 0.29) is 11.3 Å². The normalized spacial score (nSPS) is 16.8. The van der Waals surface area contributed by atoms with Crippen molar-refractivity contribution in [2.24, 2.45) is 0 Å². The van der Waals surface area contributed by atoms with E-state index in [9.17, 15) is 9.59 Å². The Kier molecular flexibility index (Phi) is 4.99. The number of benzene rings is 2. The first-order chi connectivity index (χ1) is 13.1. The number of nitrogens with zero attached hydrogens (tertiary/aromatic N) is 3. The highest BCUT2D eigenvalue weighted by Crippen LogP contribution is 2.37. The third-order valence-electron chi connectivity index (χ3n) is 4.84. The molecule has 5 nitrogen and oxygen atoms in total. The predicted molar refractivity (Wildman–Crippen MR) is 109 cm³/mol. The fourth-order valence-corrected chi connectivity index (χ4v) is 4.53. The number of anilines is 1. The predicted octanol–water partition coefficient (Wildman–Crippen LogP) is 3.70. The number of hydrogen-bond acceptors (Lipinski definition) is 4. The van der Waals surface area contributed by atoms with Crippen LogP contribution in [0.5, 0.6) is 0 Å². The van der Waals surface area contributed by atoms with Gasteiger partial charge in [-0.3, -0.25) is 14.3 Å². The van der Waals surface area contributed by atoms with E-state index in [1.165, 1.54) is 6.20 Å². The van der Waals surface area contributed by atoms with Gasteiger partial charge in [-0.2, -0.15) is 5.10 Å². The summed E-state index contributed by atoms with van der Waals surface area (Å²) in [7, 11) is 0. The molecular formula is C21H21N3O2S. The van der Waals surface area contributed by atoms with Gasteiger partial charge in [0.15, 0.2) is 0 Å². The number of rotatable bonds is 3. The van der Waals surface area contributed by atoms with Crippen molar-refractivity contribution < 1.29 is 4.79 Å². The molecule has 138 valence electrons. The van der Waals surface area contributed by atoms with E-state index in [0.29, 0.717) is 23.6 Å². The number of para-hydroxylation sites is 2. The van der Waals surface area contributed by atoms with E-state index in [0.717, 1.165) is 29.1 Å². The summed E-state index contributed by atoms with van der Waals surface area (Å²) in [5.41, 5.74) is 1.66. The van der Waals surface area contributed by atoms with Crippen LogP contribution in [0.4, 0.5) is 5.69 Å². The van der Waals surface area contributed by atoms with Crippen molar-refractivity contribution in [3.63, 3.8) is 0 Å². The topological polar surface area (TPSA) is 55.2 Å². The molecule has 1 unspecified atom stereocenters. The van der Waals surface area contributed by atoms with E-state index in [1.54, 1.807) is 10.7 Å². The SMILES string of the molecule is CC1CCN(C(=O)CCn2ncc(=O)c3ccccc32)c2ccccc2S1. The molecule has 0 N–H and O–H groups in total. The second kappa shape index (κ2) is 7.56. The summed E-state index contributed by atoms with van der Waals surface area (Å²) >= 11 is 1.83. The smallest absolute Gasteiger partial charge is 0.228 e. The molecule has 0 saturated carbocycles. The van der Waals surface area contributed by atoms with Crippen molar-refractivity contribution in [1.29, 1.82) is 0 Å². The first-order valence-corrected chi connectivity index (χ1v) is 10.0. The summed E-state index contributed by atoms with van der Waals surface area (Å²) in [4.78, 5) is 28.0. The van der Waals surface area contributed by atoms with Crippen LogP contribution in [0, 0.1) is 0 Å². The molecule has 0 bridgehead atoms. The summed E-state index contributed by atoms with van der Waals surface area (Å²) in [5.74, 6) is 0.0849. The average molecular weight is 379 g/mol.